The predicted octanol–water partition coefficient (Wildman–Crippen LogP) is 0.538. The first kappa shape index (κ1) is 25.6. The van der Waals surface area contributed by atoms with Crippen molar-refractivity contribution in [3.05, 3.63) is 40.4 Å². The Balaban J connectivity index is 2.20. The molecule has 0 spiro atoms. The molecule has 0 bridgehead atoms. The van der Waals surface area contributed by atoms with Crippen molar-refractivity contribution in [3.63, 3.8) is 0 Å². The first-order chi connectivity index (χ1) is 15.3. The van der Waals surface area contributed by atoms with Crippen molar-refractivity contribution in [3.8, 4) is 0 Å². The van der Waals surface area contributed by atoms with Crippen LogP contribution in [0.4, 0.5) is 10.5 Å². The van der Waals surface area contributed by atoms with Crippen LogP contribution < -0.4 is 16.4 Å². The Hall–Kier alpha value is -3.70. The highest BCUT2D eigenvalue weighted by Gasteiger charge is 2.56. The van der Waals surface area contributed by atoms with E-state index in [1.54, 1.807) is 51.1 Å². The molecule has 4 N–H and O–H groups in total. The Morgan fingerprint density at radius 3 is 2.36 bits per heavy atom. The van der Waals surface area contributed by atoms with Gasteiger partial charge in [0.1, 0.15) is 24.1 Å². The molecule has 1 aliphatic heterocycles. The van der Waals surface area contributed by atoms with Gasteiger partial charge in [0.25, 0.3) is 0 Å². The van der Waals surface area contributed by atoms with Gasteiger partial charge < -0.3 is 26.0 Å². The number of anilines is 1. The summed E-state index contributed by atoms with van der Waals surface area (Å²) in [6.07, 6.45) is -0.871. The standard InChI is InChI=1S/C21H29N5O7/c1-12(24-13-8-6-5-7-9-13)18(28)16-14(26(31)32)11-25(17(16)19(22)29)15(27)10-23-20(30)33-21(2,3)4/h5-9,12,14,16-17,24H,10-11H2,1-4H3,(H2,22,29)(H,23,30)/t12-,14?,16?,17-/m0/s1. The highest BCUT2D eigenvalue weighted by molar-refractivity contribution is 5.98. The van der Waals surface area contributed by atoms with Crippen LogP contribution in [0.3, 0.4) is 0 Å². The molecule has 12 nitrogen and oxygen atoms in total. The van der Waals surface area contributed by atoms with Crippen molar-refractivity contribution in [1.82, 2.24) is 10.2 Å². The summed E-state index contributed by atoms with van der Waals surface area (Å²) < 4.78 is 5.05. The Labute approximate surface area is 191 Å². The van der Waals surface area contributed by atoms with Crippen LogP contribution in [0.2, 0.25) is 0 Å². The van der Waals surface area contributed by atoms with Crippen LogP contribution in [-0.4, -0.2) is 70.3 Å². The number of Topliss-reactive ketones (excluding diaryl/α,β-unsaturated/α-hetero) is 1. The highest BCUT2D eigenvalue weighted by atomic mass is 16.6. The molecule has 0 radical (unpaired) electrons. The fourth-order valence-electron chi connectivity index (χ4n) is 3.67. The summed E-state index contributed by atoms with van der Waals surface area (Å²) in [6, 6.07) is 4.77. The number of nitrogens with one attached hydrogen (secondary N) is 2. The Morgan fingerprint density at radius 2 is 1.85 bits per heavy atom. The van der Waals surface area contributed by atoms with Crippen molar-refractivity contribution in [2.45, 2.75) is 51.4 Å². The second-order valence-electron chi connectivity index (χ2n) is 8.76. The van der Waals surface area contributed by atoms with E-state index in [-0.39, 0.29) is 0 Å². The average molecular weight is 463 g/mol. The number of rotatable bonds is 8. The Morgan fingerprint density at radius 1 is 1.24 bits per heavy atom. The normalized spacial score (nSPS) is 21.1. The van der Waals surface area contributed by atoms with Crippen LogP contribution in [0.5, 0.6) is 0 Å². The summed E-state index contributed by atoms with van der Waals surface area (Å²) in [5.41, 5.74) is 5.28. The molecule has 0 saturated carbocycles. The molecule has 180 valence electrons. The SMILES string of the molecule is C[C@H](Nc1ccccc1)C(=O)C1C([N+](=O)[O-])CN(C(=O)CNC(=O)OC(C)(C)C)[C@@H]1C(N)=O. The fourth-order valence-corrected chi connectivity index (χ4v) is 3.67. The van der Waals surface area contributed by atoms with Crippen LogP contribution in [0, 0.1) is 16.0 Å². The van der Waals surface area contributed by atoms with Crippen molar-refractivity contribution < 1.29 is 28.8 Å². The van der Waals surface area contributed by atoms with E-state index in [9.17, 15) is 29.3 Å². The first-order valence-electron chi connectivity index (χ1n) is 10.4. The number of amides is 3. The third-order valence-electron chi connectivity index (χ3n) is 5.05. The van der Waals surface area contributed by atoms with Gasteiger partial charge in [0.2, 0.25) is 17.9 Å². The van der Waals surface area contributed by atoms with Crippen LogP contribution in [0.25, 0.3) is 0 Å². The third-order valence-corrected chi connectivity index (χ3v) is 5.05. The van der Waals surface area contributed by atoms with E-state index in [1.165, 1.54) is 6.92 Å². The quantitative estimate of drug-likeness (QED) is 0.370. The summed E-state index contributed by atoms with van der Waals surface area (Å²) in [5.74, 6) is -3.92. The molecule has 0 aromatic heterocycles. The molecule has 2 rings (SSSR count). The zero-order chi connectivity index (χ0) is 24.9. The molecule has 12 heteroatoms. The van der Waals surface area contributed by atoms with Gasteiger partial charge in [-0.3, -0.25) is 24.5 Å². The van der Waals surface area contributed by atoms with Gasteiger partial charge in [0.05, 0.1) is 12.6 Å². The van der Waals surface area contributed by atoms with Gasteiger partial charge in [0.15, 0.2) is 5.78 Å². The largest absolute Gasteiger partial charge is 0.444 e. The number of primary amides is 1. The van der Waals surface area contributed by atoms with Crippen molar-refractivity contribution in [1.29, 1.82) is 0 Å². The highest BCUT2D eigenvalue weighted by Crippen LogP contribution is 2.29. The van der Waals surface area contributed by atoms with E-state index < -0.39 is 71.3 Å². The molecule has 1 heterocycles. The first-order valence-corrected chi connectivity index (χ1v) is 10.4. The van der Waals surface area contributed by atoms with E-state index in [0.717, 1.165) is 4.90 Å². The molecular weight excluding hydrogens is 434 g/mol. The van der Waals surface area contributed by atoms with Crippen molar-refractivity contribution in [2.24, 2.45) is 11.7 Å². The van der Waals surface area contributed by atoms with E-state index >= 15 is 0 Å². The van der Waals surface area contributed by atoms with Gasteiger partial charge in [-0.05, 0) is 39.8 Å². The Bertz CT molecular complexity index is 915. The molecule has 33 heavy (non-hydrogen) atoms. The van der Waals surface area contributed by atoms with Gasteiger partial charge in [0, 0.05) is 10.6 Å². The minimum atomic E-state index is -1.53. The lowest BCUT2D eigenvalue weighted by molar-refractivity contribution is -0.523. The average Bonchev–Trinajstić information content (AvgIpc) is 3.12. The maximum absolute atomic E-state index is 13.2. The van der Waals surface area contributed by atoms with Crippen LogP contribution in [-0.2, 0) is 19.1 Å². The minimum Gasteiger partial charge on any atom is -0.444 e. The van der Waals surface area contributed by atoms with Gasteiger partial charge >= 0.3 is 6.09 Å². The third kappa shape index (κ3) is 6.64. The minimum absolute atomic E-state index is 0.496. The number of alkyl carbamates (subject to hydrolysis) is 1. The summed E-state index contributed by atoms with van der Waals surface area (Å²) in [6.45, 7) is 5.35. The molecule has 1 aliphatic rings. The van der Waals surface area contributed by atoms with E-state index in [1.807, 2.05) is 0 Å². The number of ketones is 1. The van der Waals surface area contributed by atoms with Gasteiger partial charge in [-0.25, -0.2) is 4.79 Å². The molecule has 2 unspecified atom stereocenters. The number of nitrogens with zero attached hydrogens (tertiary/aromatic N) is 2. The number of likely N-dealkylation sites (tertiary alicyclic amines) is 1. The predicted molar refractivity (Wildman–Crippen MR) is 118 cm³/mol. The lowest BCUT2D eigenvalue weighted by Gasteiger charge is -2.26. The second kappa shape index (κ2) is 10.3. The maximum atomic E-state index is 13.2. The number of para-hydroxylation sites is 1. The molecule has 0 aliphatic carbocycles. The summed E-state index contributed by atoms with van der Waals surface area (Å²) in [5, 5.41) is 16.9. The van der Waals surface area contributed by atoms with E-state index in [4.69, 9.17) is 10.5 Å². The van der Waals surface area contributed by atoms with E-state index in [0.29, 0.717) is 5.69 Å². The number of nitrogens with two attached hydrogens (primary N) is 1. The number of nitro groups is 1. The number of carbonyl (C=O) groups is 4. The second-order valence-corrected chi connectivity index (χ2v) is 8.76. The molecule has 1 saturated heterocycles. The smallest absolute Gasteiger partial charge is 0.408 e. The van der Waals surface area contributed by atoms with Crippen LogP contribution >= 0.6 is 0 Å². The van der Waals surface area contributed by atoms with Crippen molar-refractivity contribution in [2.75, 3.05) is 18.4 Å². The van der Waals surface area contributed by atoms with Crippen LogP contribution in [0.1, 0.15) is 27.7 Å². The Kier molecular flexibility index (Phi) is 7.96. The summed E-state index contributed by atoms with van der Waals surface area (Å²) in [4.78, 5) is 61.9. The van der Waals surface area contributed by atoms with Gasteiger partial charge in [-0.1, -0.05) is 18.2 Å². The lowest BCUT2D eigenvalue weighted by Crippen LogP contribution is -2.52. The van der Waals surface area contributed by atoms with E-state index in [2.05, 4.69) is 10.6 Å². The molecule has 4 atom stereocenters. The number of hydrogen-bond donors (Lipinski definition) is 3. The zero-order valence-corrected chi connectivity index (χ0v) is 18.9. The topological polar surface area (TPSA) is 174 Å². The van der Waals surface area contributed by atoms with Crippen LogP contribution in [0.15, 0.2) is 30.3 Å². The lowest BCUT2D eigenvalue weighted by atomic mass is 9.88. The number of benzene rings is 1. The molecule has 3 amide bonds. The monoisotopic (exact) mass is 463 g/mol. The molecule has 1 fully saturated rings. The fraction of sp³-hybridized carbons (Fsp3) is 0.524. The zero-order valence-electron chi connectivity index (χ0n) is 18.9. The molecule has 1 aromatic rings. The number of ether oxygens (including phenoxy) is 1. The maximum Gasteiger partial charge on any atom is 0.408 e. The summed E-state index contributed by atoms with van der Waals surface area (Å²) in [7, 11) is 0. The summed E-state index contributed by atoms with van der Waals surface area (Å²) >= 11 is 0. The number of carbonyl (C=O) groups excluding carboxylic acids is 4. The molecule has 1 aromatic carbocycles. The molecular formula is C21H29N5O7. The van der Waals surface area contributed by atoms with Gasteiger partial charge in [-0.15, -0.1) is 0 Å². The number of hydrogen-bond acceptors (Lipinski definition) is 8. The van der Waals surface area contributed by atoms with Crippen molar-refractivity contribution >= 4 is 29.4 Å². The van der Waals surface area contributed by atoms with Gasteiger partial charge in [-0.2, -0.15) is 0 Å².